The van der Waals surface area contributed by atoms with Crippen LogP contribution in [0, 0.1) is 0 Å². The first-order chi connectivity index (χ1) is 16.5. The highest BCUT2D eigenvalue weighted by Gasteiger charge is 2.19. The number of hydrogen-bond donors (Lipinski definition) is 1. The van der Waals surface area contributed by atoms with Crippen LogP contribution in [-0.4, -0.2) is 55.7 Å². The molecule has 0 bridgehead atoms. The number of ether oxygens (including phenoxy) is 1. The Hall–Kier alpha value is -4.47. The van der Waals surface area contributed by atoms with E-state index in [1.807, 2.05) is 41.1 Å². The quantitative estimate of drug-likeness (QED) is 0.395. The number of nitrogens with one attached hydrogen (secondary N) is 1. The van der Waals surface area contributed by atoms with Gasteiger partial charge in [0.25, 0.3) is 5.91 Å². The highest BCUT2D eigenvalue weighted by molar-refractivity contribution is 5.96. The summed E-state index contributed by atoms with van der Waals surface area (Å²) in [6, 6.07) is 11.5. The van der Waals surface area contributed by atoms with Crippen LogP contribution in [0.2, 0.25) is 0 Å². The molecule has 1 N–H and O–H groups in total. The van der Waals surface area contributed by atoms with E-state index < -0.39 is 6.10 Å². The Morgan fingerprint density at radius 1 is 1.21 bits per heavy atom. The van der Waals surface area contributed by atoms with E-state index in [9.17, 15) is 4.79 Å². The maximum absolute atomic E-state index is 12.3. The van der Waals surface area contributed by atoms with E-state index in [0.717, 1.165) is 16.6 Å². The Kier molecular flexibility index (Phi) is 5.54. The second kappa shape index (κ2) is 8.81. The van der Waals surface area contributed by atoms with Gasteiger partial charge in [0.15, 0.2) is 6.10 Å². The molecule has 0 fully saturated rings. The predicted molar refractivity (Wildman–Crippen MR) is 127 cm³/mol. The molecule has 0 aliphatic carbocycles. The predicted octanol–water partition coefficient (Wildman–Crippen LogP) is 3.61. The molecule has 3 aromatic heterocycles. The summed E-state index contributed by atoms with van der Waals surface area (Å²) in [6.07, 6.45) is 5.80. The van der Waals surface area contributed by atoms with Gasteiger partial charge in [-0.3, -0.25) is 9.48 Å². The fourth-order valence-electron chi connectivity index (χ4n) is 3.76. The third-order valence-electron chi connectivity index (χ3n) is 5.39. The Morgan fingerprint density at radius 3 is 2.88 bits per heavy atom. The monoisotopic (exact) mass is 457 g/mol. The highest BCUT2D eigenvalue weighted by Crippen LogP contribution is 2.33. The van der Waals surface area contributed by atoms with Crippen molar-refractivity contribution in [3.8, 4) is 5.75 Å². The van der Waals surface area contributed by atoms with E-state index in [-0.39, 0.29) is 5.91 Å². The second-order valence-electron chi connectivity index (χ2n) is 7.99. The molecule has 0 aliphatic rings. The summed E-state index contributed by atoms with van der Waals surface area (Å²) in [5.74, 6) is 1.57. The third kappa shape index (κ3) is 4.13. The number of hydrogen-bond acceptors (Lipinski definition) is 8. The van der Waals surface area contributed by atoms with Crippen LogP contribution in [-0.2, 0) is 11.3 Å². The Labute approximate surface area is 195 Å². The minimum Gasteiger partial charge on any atom is -0.480 e. The molecule has 0 aliphatic heterocycles. The molecule has 172 valence electrons. The van der Waals surface area contributed by atoms with Crippen LogP contribution in [0.5, 0.6) is 5.75 Å². The molecule has 1 atom stereocenters. The Balaban J connectivity index is 1.46. The number of benzene rings is 2. The van der Waals surface area contributed by atoms with E-state index in [0.29, 0.717) is 34.9 Å². The van der Waals surface area contributed by atoms with Gasteiger partial charge in [0.05, 0.1) is 28.8 Å². The number of aromatic nitrogens is 5. The molecule has 1 amide bonds. The molecule has 5 rings (SSSR count). The summed E-state index contributed by atoms with van der Waals surface area (Å²) in [6.45, 7) is 2.17. The first-order valence-electron chi connectivity index (χ1n) is 10.7. The average Bonchev–Trinajstić information content (AvgIpc) is 3.49. The SMILES string of the molecule is CC(Oc1cccc2ncnc(Nc3ccc4c(cnn4Cc4ncco4)c3)c12)C(=O)N(C)C. The molecule has 0 radical (unpaired) electrons. The van der Waals surface area contributed by atoms with E-state index in [1.165, 1.54) is 11.2 Å². The van der Waals surface area contributed by atoms with E-state index >= 15 is 0 Å². The topological polar surface area (TPSA) is 111 Å². The van der Waals surface area contributed by atoms with Crippen molar-refractivity contribution in [2.75, 3.05) is 19.4 Å². The summed E-state index contributed by atoms with van der Waals surface area (Å²) in [5.41, 5.74) is 2.49. The summed E-state index contributed by atoms with van der Waals surface area (Å²) in [7, 11) is 3.40. The van der Waals surface area contributed by atoms with Crippen molar-refractivity contribution < 1.29 is 13.9 Å². The molecule has 34 heavy (non-hydrogen) atoms. The van der Waals surface area contributed by atoms with Gasteiger partial charge in [0.1, 0.15) is 30.7 Å². The lowest BCUT2D eigenvalue weighted by Crippen LogP contribution is -2.35. The maximum atomic E-state index is 12.3. The summed E-state index contributed by atoms with van der Waals surface area (Å²) in [5, 5.41) is 9.47. The zero-order chi connectivity index (χ0) is 23.7. The number of likely N-dealkylation sites (N-methyl/N-ethyl adjacent to an activating group) is 1. The fraction of sp³-hybridized carbons (Fsp3) is 0.208. The molecule has 0 saturated carbocycles. The van der Waals surface area contributed by atoms with Gasteiger partial charge in [0.2, 0.25) is 5.89 Å². The average molecular weight is 457 g/mol. The smallest absolute Gasteiger partial charge is 0.262 e. The largest absolute Gasteiger partial charge is 0.480 e. The minimum absolute atomic E-state index is 0.129. The van der Waals surface area contributed by atoms with Crippen molar-refractivity contribution in [2.24, 2.45) is 0 Å². The molecule has 2 aromatic carbocycles. The number of oxazole rings is 1. The molecule has 5 aromatic rings. The van der Waals surface area contributed by atoms with Gasteiger partial charge in [-0.1, -0.05) is 6.07 Å². The molecule has 0 saturated heterocycles. The normalized spacial score (nSPS) is 12.1. The number of rotatable bonds is 7. The lowest BCUT2D eigenvalue weighted by molar-refractivity contribution is -0.135. The van der Waals surface area contributed by atoms with Crippen molar-refractivity contribution in [1.29, 1.82) is 0 Å². The van der Waals surface area contributed by atoms with Gasteiger partial charge in [-0.2, -0.15) is 5.10 Å². The summed E-state index contributed by atoms with van der Waals surface area (Å²) >= 11 is 0. The van der Waals surface area contributed by atoms with E-state index in [2.05, 4.69) is 25.4 Å². The standard InChI is InChI=1S/C24H23N7O3/c1-15(24(32)30(2)3)34-20-6-4-5-18-22(20)23(27-14-26-18)29-17-7-8-19-16(11-17)12-28-31(19)13-21-25-9-10-33-21/h4-12,14-15H,13H2,1-3H3,(H,26,27,29). The molecule has 0 spiro atoms. The van der Waals surface area contributed by atoms with Crippen LogP contribution in [0.3, 0.4) is 0 Å². The lowest BCUT2D eigenvalue weighted by atomic mass is 10.2. The lowest BCUT2D eigenvalue weighted by Gasteiger charge is -2.20. The fourth-order valence-corrected chi connectivity index (χ4v) is 3.76. The number of carbonyl (C=O) groups excluding carboxylic acids is 1. The van der Waals surface area contributed by atoms with Crippen molar-refractivity contribution >= 4 is 39.2 Å². The zero-order valence-electron chi connectivity index (χ0n) is 19.0. The van der Waals surface area contributed by atoms with Gasteiger partial charge >= 0.3 is 0 Å². The van der Waals surface area contributed by atoms with Crippen LogP contribution in [0.15, 0.2) is 65.8 Å². The second-order valence-corrected chi connectivity index (χ2v) is 7.99. The number of carbonyl (C=O) groups is 1. The first kappa shape index (κ1) is 21.4. The van der Waals surface area contributed by atoms with Crippen molar-refractivity contribution in [1.82, 2.24) is 29.6 Å². The van der Waals surface area contributed by atoms with Gasteiger partial charge in [-0.05, 0) is 37.3 Å². The van der Waals surface area contributed by atoms with Crippen molar-refractivity contribution in [2.45, 2.75) is 19.6 Å². The van der Waals surface area contributed by atoms with Crippen LogP contribution >= 0.6 is 0 Å². The summed E-state index contributed by atoms with van der Waals surface area (Å²) < 4.78 is 13.2. The van der Waals surface area contributed by atoms with Crippen LogP contribution < -0.4 is 10.1 Å². The molecule has 10 nitrogen and oxygen atoms in total. The zero-order valence-corrected chi connectivity index (χ0v) is 19.0. The minimum atomic E-state index is -0.653. The Morgan fingerprint density at radius 2 is 2.09 bits per heavy atom. The first-order valence-corrected chi connectivity index (χ1v) is 10.7. The third-order valence-corrected chi connectivity index (χ3v) is 5.39. The number of amides is 1. The van der Waals surface area contributed by atoms with Gasteiger partial charge in [0, 0.05) is 25.2 Å². The van der Waals surface area contributed by atoms with Crippen LogP contribution in [0.1, 0.15) is 12.8 Å². The molecule has 1 unspecified atom stereocenters. The van der Waals surface area contributed by atoms with Crippen LogP contribution in [0.25, 0.3) is 21.8 Å². The number of fused-ring (bicyclic) bond motifs is 2. The summed E-state index contributed by atoms with van der Waals surface area (Å²) in [4.78, 5) is 26.8. The highest BCUT2D eigenvalue weighted by atomic mass is 16.5. The molecule has 10 heteroatoms. The molecule has 3 heterocycles. The number of anilines is 2. The van der Waals surface area contributed by atoms with E-state index in [4.69, 9.17) is 9.15 Å². The molecular weight excluding hydrogens is 434 g/mol. The van der Waals surface area contributed by atoms with Gasteiger partial charge < -0.3 is 19.4 Å². The van der Waals surface area contributed by atoms with Crippen molar-refractivity contribution in [3.63, 3.8) is 0 Å². The maximum Gasteiger partial charge on any atom is 0.262 e. The van der Waals surface area contributed by atoms with Gasteiger partial charge in [-0.15, -0.1) is 0 Å². The van der Waals surface area contributed by atoms with Crippen molar-refractivity contribution in [3.05, 3.63) is 67.3 Å². The van der Waals surface area contributed by atoms with Gasteiger partial charge in [-0.25, -0.2) is 15.0 Å². The van der Waals surface area contributed by atoms with E-state index in [1.54, 1.807) is 39.7 Å². The molecular formula is C24H23N7O3. The Bertz CT molecular complexity index is 1460. The number of nitrogens with zero attached hydrogens (tertiary/aromatic N) is 6. The van der Waals surface area contributed by atoms with Crippen LogP contribution in [0.4, 0.5) is 11.5 Å².